The third-order valence-corrected chi connectivity index (χ3v) is 3.13. The van der Waals surface area contributed by atoms with Crippen molar-refractivity contribution in [1.29, 1.82) is 0 Å². The van der Waals surface area contributed by atoms with Crippen LogP contribution < -0.4 is 5.32 Å². The lowest BCUT2D eigenvalue weighted by Gasteiger charge is -2.04. The minimum atomic E-state index is 0.342. The highest BCUT2D eigenvalue weighted by Crippen LogP contribution is 2.12. The number of benzene rings is 1. The lowest BCUT2D eigenvalue weighted by Crippen LogP contribution is -2.23. The molecule has 19 heavy (non-hydrogen) atoms. The first-order valence-electron chi connectivity index (χ1n) is 6.62. The summed E-state index contributed by atoms with van der Waals surface area (Å²) in [4.78, 5) is 4.44. The van der Waals surface area contributed by atoms with E-state index in [1.807, 2.05) is 7.05 Å². The molecule has 4 nitrogen and oxygen atoms in total. The molecule has 0 fully saturated rings. The van der Waals surface area contributed by atoms with Crippen LogP contribution in [0.1, 0.15) is 35.3 Å². The maximum atomic E-state index is 5.27. The van der Waals surface area contributed by atoms with Crippen LogP contribution in [0.25, 0.3) is 0 Å². The normalized spacial score (nSPS) is 12.6. The van der Waals surface area contributed by atoms with Crippen LogP contribution >= 0.6 is 0 Å². The van der Waals surface area contributed by atoms with E-state index >= 15 is 0 Å². The van der Waals surface area contributed by atoms with Crippen molar-refractivity contribution in [2.75, 3.05) is 7.05 Å². The van der Waals surface area contributed by atoms with Crippen molar-refractivity contribution in [3.8, 4) is 0 Å². The second-order valence-corrected chi connectivity index (χ2v) is 5.17. The van der Waals surface area contributed by atoms with Gasteiger partial charge >= 0.3 is 0 Å². The molecule has 102 valence electrons. The molecule has 0 amide bonds. The number of hydrogen-bond donors (Lipinski definition) is 1. The molecular weight excluding hydrogens is 238 g/mol. The van der Waals surface area contributed by atoms with Crippen molar-refractivity contribution in [3.63, 3.8) is 0 Å². The number of aromatic nitrogens is 2. The van der Waals surface area contributed by atoms with Crippen molar-refractivity contribution in [3.05, 3.63) is 46.6 Å². The first kappa shape index (κ1) is 13.7. The molecule has 1 N–H and O–H groups in total. The standard InChI is InChI=1S/C15H21N3O/c1-10-5-11(2)7-13(6-10)9-14-17-15(19-18-14)8-12(3)16-4/h5-7,12,16H,8-9H2,1-4H3. The average molecular weight is 259 g/mol. The minimum Gasteiger partial charge on any atom is -0.339 e. The Hall–Kier alpha value is -1.68. The van der Waals surface area contributed by atoms with E-state index in [4.69, 9.17) is 4.52 Å². The summed E-state index contributed by atoms with van der Waals surface area (Å²) in [6.07, 6.45) is 1.48. The van der Waals surface area contributed by atoms with Crippen LogP contribution in [0.3, 0.4) is 0 Å². The third-order valence-electron chi connectivity index (χ3n) is 3.13. The van der Waals surface area contributed by atoms with Gasteiger partial charge in [0.1, 0.15) is 0 Å². The zero-order valence-corrected chi connectivity index (χ0v) is 12.0. The number of rotatable bonds is 5. The van der Waals surface area contributed by atoms with Gasteiger partial charge in [0.2, 0.25) is 5.89 Å². The number of likely N-dealkylation sites (N-methyl/N-ethyl adjacent to an activating group) is 1. The molecule has 0 aliphatic rings. The number of aryl methyl sites for hydroxylation is 2. The Kier molecular flexibility index (Phi) is 4.32. The van der Waals surface area contributed by atoms with Crippen LogP contribution in [0.5, 0.6) is 0 Å². The Balaban J connectivity index is 2.07. The SMILES string of the molecule is CNC(C)Cc1nc(Cc2cc(C)cc(C)c2)no1. The van der Waals surface area contributed by atoms with Gasteiger partial charge in [-0.3, -0.25) is 0 Å². The quantitative estimate of drug-likeness (QED) is 0.896. The summed E-state index contributed by atoms with van der Waals surface area (Å²) in [6, 6.07) is 6.84. The molecule has 0 radical (unpaired) electrons. The molecule has 2 aromatic rings. The van der Waals surface area contributed by atoms with Gasteiger partial charge in [0.15, 0.2) is 5.82 Å². The molecule has 1 aromatic heterocycles. The zero-order chi connectivity index (χ0) is 13.8. The summed E-state index contributed by atoms with van der Waals surface area (Å²) in [6.45, 7) is 6.30. The molecule has 0 saturated heterocycles. The number of hydrogen-bond acceptors (Lipinski definition) is 4. The van der Waals surface area contributed by atoms with Crippen LogP contribution in [0, 0.1) is 13.8 Å². The molecular formula is C15H21N3O. The van der Waals surface area contributed by atoms with Gasteiger partial charge < -0.3 is 9.84 Å². The molecule has 4 heteroatoms. The molecule has 1 heterocycles. The molecule has 1 unspecified atom stereocenters. The minimum absolute atomic E-state index is 0.342. The Morgan fingerprint density at radius 3 is 2.53 bits per heavy atom. The van der Waals surface area contributed by atoms with E-state index in [0.29, 0.717) is 11.9 Å². The maximum absolute atomic E-state index is 5.27. The fraction of sp³-hybridized carbons (Fsp3) is 0.467. The highest BCUT2D eigenvalue weighted by atomic mass is 16.5. The molecule has 0 aliphatic carbocycles. The molecule has 0 spiro atoms. The van der Waals surface area contributed by atoms with E-state index in [1.54, 1.807) is 0 Å². The van der Waals surface area contributed by atoms with E-state index in [1.165, 1.54) is 16.7 Å². The maximum Gasteiger partial charge on any atom is 0.228 e. The van der Waals surface area contributed by atoms with Crippen LogP contribution in [-0.4, -0.2) is 23.2 Å². The highest BCUT2D eigenvalue weighted by molar-refractivity contribution is 5.30. The molecule has 0 saturated carbocycles. The lowest BCUT2D eigenvalue weighted by atomic mass is 10.1. The van der Waals surface area contributed by atoms with Gasteiger partial charge in [0.25, 0.3) is 0 Å². The van der Waals surface area contributed by atoms with E-state index < -0.39 is 0 Å². The van der Waals surface area contributed by atoms with Gasteiger partial charge in [-0.2, -0.15) is 4.98 Å². The van der Waals surface area contributed by atoms with Crippen molar-refractivity contribution >= 4 is 0 Å². The first-order valence-corrected chi connectivity index (χ1v) is 6.62. The monoisotopic (exact) mass is 259 g/mol. The number of nitrogens with one attached hydrogen (secondary N) is 1. The number of nitrogens with zero attached hydrogens (tertiary/aromatic N) is 2. The van der Waals surface area contributed by atoms with Crippen molar-refractivity contribution in [2.45, 2.75) is 39.7 Å². The Morgan fingerprint density at radius 2 is 1.89 bits per heavy atom. The topological polar surface area (TPSA) is 51.0 Å². The Bertz CT molecular complexity index is 528. The Morgan fingerprint density at radius 1 is 1.21 bits per heavy atom. The Labute approximate surface area is 114 Å². The van der Waals surface area contributed by atoms with Gasteiger partial charge in [0.05, 0.1) is 0 Å². The lowest BCUT2D eigenvalue weighted by molar-refractivity contribution is 0.361. The van der Waals surface area contributed by atoms with Gasteiger partial charge in [-0.25, -0.2) is 0 Å². The summed E-state index contributed by atoms with van der Waals surface area (Å²) in [7, 11) is 1.93. The first-order chi connectivity index (χ1) is 9.06. The van der Waals surface area contributed by atoms with Crippen LogP contribution in [-0.2, 0) is 12.8 Å². The largest absolute Gasteiger partial charge is 0.339 e. The summed E-state index contributed by atoms with van der Waals surface area (Å²) >= 11 is 0. The van der Waals surface area contributed by atoms with E-state index in [0.717, 1.165) is 18.7 Å². The fourth-order valence-electron chi connectivity index (χ4n) is 2.16. The molecule has 0 bridgehead atoms. The summed E-state index contributed by atoms with van der Waals surface area (Å²) in [5, 5.41) is 7.20. The second-order valence-electron chi connectivity index (χ2n) is 5.17. The van der Waals surface area contributed by atoms with Gasteiger partial charge in [-0.1, -0.05) is 34.5 Å². The predicted molar refractivity (Wildman–Crippen MR) is 75.2 cm³/mol. The summed E-state index contributed by atoms with van der Waals surface area (Å²) in [5.41, 5.74) is 3.76. The van der Waals surface area contributed by atoms with Crippen molar-refractivity contribution < 1.29 is 4.52 Å². The smallest absolute Gasteiger partial charge is 0.228 e. The highest BCUT2D eigenvalue weighted by Gasteiger charge is 2.10. The van der Waals surface area contributed by atoms with Gasteiger partial charge in [-0.15, -0.1) is 0 Å². The molecule has 2 rings (SSSR count). The summed E-state index contributed by atoms with van der Waals surface area (Å²) in [5.74, 6) is 1.45. The van der Waals surface area contributed by atoms with Gasteiger partial charge in [0, 0.05) is 18.9 Å². The van der Waals surface area contributed by atoms with Crippen LogP contribution in [0.2, 0.25) is 0 Å². The third kappa shape index (κ3) is 3.89. The van der Waals surface area contributed by atoms with Gasteiger partial charge in [-0.05, 0) is 33.4 Å². The molecule has 1 aromatic carbocycles. The van der Waals surface area contributed by atoms with E-state index in [9.17, 15) is 0 Å². The van der Waals surface area contributed by atoms with Crippen molar-refractivity contribution in [2.24, 2.45) is 0 Å². The van der Waals surface area contributed by atoms with Crippen molar-refractivity contribution in [1.82, 2.24) is 15.5 Å². The second kappa shape index (κ2) is 5.97. The van der Waals surface area contributed by atoms with Crippen LogP contribution in [0.15, 0.2) is 22.7 Å². The van der Waals surface area contributed by atoms with E-state index in [-0.39, 0.29) is 0 Å². The van der Waals surface area contributed by atoms with Crippen LogP contribution in [0.4, 0.5) is 0 Å². The van der Waals surface area contributed by atoms with E-state index in [2.05, 4.69) is 54.4 Å². The zero-order valence-electron chi connectivity index (χ0n) is 12.0. The average Bonchev–Trinajstić information content (AvgIpc) is 2.74. The predicted octanol–water partition coefficient (Wildman–Crippen LogP) is 2.43. The molecule has 1 atom stereocenters. The summed E-state index contributed by atoms with van der Waals surface area (Å²) < 4.78 is 5.27. The fourth-order valence-corrected chi connectivity index (χ4v) is 2.16. The molecule has 0 aliphatic heterocycles.